The molecule has 0 bridgehead atoms. The summed E-state index contributed by atoms with van der Waals surface area (Å²) in [6.45, 7) is 1.26. The summed E-state index contributed by atoms with van der Waals surface area (Å²) in [5.41, 5.74) is 1.99. The first kappa shape index (κ1) is 20.8. The number of hydrogen-bond donors (Lipinski definition) is 1. The molecule has 7 nitrogen and oxygen atoms in total. The highest BCUT2D eigenvalue weighted by Gasteiger charge is 2.30. The summed E-state index contributed by atoms with van der Waals surface area (Å²) in [7, 11) is -3.26. The topological polar surface area (TPSA) is 83.8 Å². The van der Waals surface area contributed by atoms with Crippen LogP contribution in [0.1, 0.15) is 40.6 Å². The number of aromatic nitrogens is 2. The van der Waals surface area contributed by atoms with Crippen molar-refractivity contribution in [3.8, 4) is 0 Å². The fraction of sp³-hybridized carbons (Fsp3) is 0.333. The van der Waals surface area contributed by atoms with E-state index < -0.39 is 10.0 Å². The van der Waals surface area contributed by atoms with E-state index >= 15 is 0 Å². The Morgan fingerprint density at radius 3 is 2.73 bits per heavy atom. The van der Waals surface area contributed by atoms with Gasteiger partial charge >= 0.3 is 0 Å². The van der Waals surface area contributed by atoms with Crippen molar-refractivity contribution in [2.45, 2.75) is 25.3 Å². The summed E-state index contributed by atoms with van der Waals surface area (Å²) in [5, 5.41) is 3.56. The van der Waals surface area contributed by atoms with Crippen LogP contribution in [-0.4, -0.2) is 47.4 Å². The molecule has 0 spiro atoms. The number of halogens is 1. The average Bonchev–Trinajstić information content (AvgIpc) is 3.12. The molecule has 0 aliphatic carbocycles. The van der Waals surface area contributed by atoms with Gasteiger partial charge in [-0.05, 0) is 42.7 Å². The molecule has 1 saturated heterocycles. The number of rotatable bonds is 5. The van der Waals surface area contributed by atoms with Crippen LogP contribution in [0.4, 0.5) is 0 Å². The van der Waals surface area contributed by atoms with Crippen LogP contribution in [0.3, 0.4) is 0 Å². The Hall–Kier alpha value is -2.42. The number of pyridine rings is 1. The van der Waals surface area contributed by atoms with Gasteiger partial charge in [0.2, 0.25) is 10.0 Å². The fourth-order valence-electron chi connectivity index (χ4n) is 3.84. The summed E-state index contributed by atoms with van der Waals surface area (Å²) in [6.07, 6.45) is 4.69. The molecule has 1 aliphatic rings. The summed E-state index contributed by atoms with van der Waals surface area (Å²) in [5.74, 6) is 0.382. The summed E-state index contributed by atoms with van der Waals surface area (Å²) >= 11 is 5.91. The quantitative estimate of drug-likeness (QED) is 0.652. The average molecular weight is 447 g/mol. The maximum Gasteiger partial charge on any atom is 0.272 e. The number of benzene rings is 1. The zero-order valence-corrected chi connectivity index (χ0v) is 18.2. The molecule has 0 radical (unpaired) electrons. The molecular formula is C21H23ClN4O3S. The lowest BCUT2D eigenvalue weighted by molar-refractivity contribution is 0.0948. The van der Waals surface area contributed by atoms with Gasteiger partial charge in [0.25, 0.3) is 5.91 Å². The molecule has 158 valence electrons. The number of carbonyl (C=O) groups excluding carboxylic acids is 1. The lowest BCUT2D eigenvalue weighted by atomic mass is 9.99. The number of imidazole rings is 1. The van der Waals surface area contributed by atoms with Crippen LogP contribution in [0.2, 0.25) is 5.02 Å². The molecule has 1 atom stereocenters. The molecule has 3 aromatic rings. The molecule has 0 unspecified atom stereocenters. The summed E-state index contributed by atoms with van der Waals surface area (Å²) < 4.78 is 27.4. The molecule has 1 aromatic carbocycles. The Morgan fingerprint density at radius 1 is 1.23 bits per heavy atom. The Labute approximate surface area is 180 Å². The van der Waals surface area contributed by atoms with Crippen LogP contribution in [-0.2, 0) is 16.6 Å². The number of nitrogens with zero attached hydrogens (tertiary/aromatic N) is 3. The predicted octanol–water partition coefficient (Wildman–Crippen LogP) is 3.06. The molecule has 9 heteroatoms. The van der Waals surface area contributed by atoms with Crippen molar-refractivity contribution in [2.24, 2.45) is 0 Å². The monoisotopic (exact) mass is 446 g/mol. The second-order valence-corrected chi connectivity index (χ2v) is 9.96. The van der Waals surface area contributed by atoms with E-state index in [-0.39, 0.29) is 11.8 Å². The minimum absolute atomic E-state index is 0.0683. The third-order valence-corrected chi connectivity index (χ3v) is 6.90. The standard InChI is InChI=1S/C21H23ClN4O3S/c1-30(28,29)25-11-4-5-16(14-25)20-24-19(18-6-2-3-12-26(18)20)21(27)23-13-15-7-9-17(22)10-8-15/h2-3,6-10,12,16H,4-5,11,13-14H2,1H3,(H,23,27)/t16-/m0/s1. The van der Waals surface area contributed by atoms with Gasteiger partial charge in [0.05, 0.1) is 11.8 Å². The Balaban J connectivity index is 1.60. The molecule has 30 heavy (non-hydrogen) atoms. The first-order chi connectivity index (χ1) is 14.3. The fourth-order valence-corrected chi connectivity index (χ4v) is 4.88. The molecule has 1 amide bonds. The number of carbonyl (C=O) groups is 1. The highest BCUT2D eigenvalue weighted by molar-refractivity contribution is 7.88. The minimum Gasteiger partial charge on any atom is -0.347 e. The van der Waals surface area contributed by atoms with Crippen LogP contribution in [0.5, 0.6) is 0 Å². The lowest BCUT2D eigenvalue weighted by Gasteiger charge is -2.30. The summed E-state index contributed by atoms with van der Waals surface area (Å²) in [6, 6.07) is 12.9. The number of hydrogen-bond acceptors (Lipinski definition) is 4. The number of piperidine rings is 1. The molecule has 0 saturated carbocycles. The predicted molar refractivity (Wildman–Crippen MR) is 116 cm³/mol. The zero-order chi connectivity index (χ0) is 21.3. The number of nitrogens with one attached hydrogen (secondary N) is 1. The van der Waals surface area contributed by atoms with E-state index in [4.69, 9.17) is 11.6 Å². The highest BCUT2D eigenvalue weighted by atomic mass is 35.5. The van der Waals surface area contributed by atoms with Gasteiger partial charge < -0.3 is 9.72 Å². The van der Waals surface area contributed by atoms with Crippen LogP contribution in [0.15, 0.2) is 48.7 Å². The van der Waals surface area contributed by atoms with E-state index in [0.29, 0.717) is 35.9 Å². The summed E-state index contributed by atoms with van der Waals surface area (Å²) in [4.78, 5) is 17.6. The van der Waals surface area contributed by atoms with Crippen molar-refractivity contribution in [1.82, 2.24) is 19.0 Å². The van der Waals surface area contributed by atoms with E-state index in [0.717, 1.165) is 24.2 Å². The van der Waals surface area contributed by atoms with Crippen LogP contribution in [0, 0.1) is 0 Å². The second-order valence-electron chi connectivity index (χ2n) is 7.54. The molecule has 1 fully saturated rings. The van der Waals surface area contributed by atoms with E-state index in [2.05, 4.69) is 10.3 Å². The molecule has 3 heterocycles. The third-order valence-electron chi connectivity index (χ3n) is 5.38. The van der Waals surface area contributed by atoms with Gasteiger partial charge in [-0.1, -0.05) is 29.8 Å². The molecule has 1 aliphatic heterocycles. The molecular weight excluding hydrogens is 424 g/mol. The Morgan fingerprint density at radius 2 is 2.00 bits per heavy atom. The van der Waals surface area contributed by atoms with Gasteiger partial charge in [-0.2, -0.15) is 0 Å². The first-order valence-electron chi connectivity index (χ1n) is 9.77. The van der Waals surface area contributed by atoms with Crippen molar-refractivity contribution in [1.29, 1.82) is 0 Å². The number of fused-ring (bicyclic) bond motifs is 1. The number of amides is 1. The van der Waals surface area contributed by atoms with Gasteiger partial charge in [-0.25, -0.2) is 17.7 Å². The molecule has 4 rings (SSSR count). The van der Waals surface area contributed by atoms with E-state index in [1.165, 1.54) is 10.6 Å². The van der Waals surface area contributed by atoms with Crippen molar-refractivity contribution in [3.05, 3.63) is 70.8 Å². The lowest BCUT2D eigenvalue weighted by Crippen LogP contribution is -2.38. The van der Waals surface area contributed by atoms with Crippen LogP contribution in [0.25, 0.3) is 5.52 Å². The van der Waals surface area contributed by atoms with Crippen molar-refractivity contribution in [3.63, 3.8) is 0 Å². The second kappa shape index (κ2) is 8.37. The molecule has 2 aromatic heterocycles. The minimum atomic E-state index is -3.26. The third kappa shape index (κ3) is 4.35. The number of sulfonamides is 1. The van der Waals surface area contributed by atoms with E-state index in [1.807, 2.05) is 40.9 Å². The maximum atomic E-state index is 12.9. The van der Waals surface area contributed by atoms with Crippen LogP contribution < -0.4 is 5.32 Å². The normalized spacial score (nSPS) is 17.9. The van der Waals surface area contributed by atoms with Crippen molar-refractivity contribution >= 4 is 33.0 Å². The van der Waals surface area contributed by atoms with Crippen LogP contribution >= 0.6 is 11.6 Å². The SMILES string of the molecule is CS(=O)(=O)N1CCC[C@H](c2nc(C(=O)NCc3ccc(Cl)cc3)c3ccccn23)C1. The Bertz CT molecular complexity index is 1170. The van der Waals surface area contributed by atoms with Crippen molar-refractivity contribution in [2.75, 3.05) is 19.3 Å². The largest absolute Gasteiger partial charge is 0.347 e. The highest BCUT2D eigenvalue weighted by Crippen LogP contribution is 2.29. The van der Waals surface area contributed by atoms with E-state index in [9.17, 15) is 13.2 Å². The first-order valence-corrected chi connectivity index (χ1v) is 12.0. The van der Waals surface area contributed by atoms with Crippen molar-refractivity contribution < 1.29 is 13.2 Å². The molecule has 1 N–H and O–H groups in total. The van der Waals surface area contributed by atoms with E-state index in [1.54, 1.807) is 12.1 Å². The van der Waals surface area contributed by atoms with Gasteiger partial charge in [0.1, 0.15) is 5.82 Å². The Kier molecular flexibility index (Phi) is 5.81. The van der Waals surface area contributed by atoms with Gasteiger partial charge in [-0.3, -0.25) is 4.79 Å². The van der Waals surface area contributed by atoms with Gasteiger partial charge in [0, 0.05) is 36.8 Å². The van der Waals surface area contributed by atoms with Gasteiger partial charge in [0.15, 0.2) is 5.69 Å². The smallest absolute Gasteiger partial charge is 0.272 e. The zero-order valence-electron chi connectivity index (χ0n) is 16.6. The van der Waals surface area contributed by atoms with Gasteiger partial charge in [-0.15, -0.1) is 0 Å². The maximum absolute atomic E-state index is 12.9.